The summed E-state index contributed by atoms with van der Waals surface area (Å²) in [5.74, 6) is 1.78. The molecule has 2 N–H and O–H groups in total. The molecule has 2 aromatic carbocycles. The Bertz CT molecular complexity index is 849. The van der Waals surface area contributed by atoms with E-state index in [1.165, 1.54) is 11.1 Å². The molecule has 1 saturated heterocycles. The Morgan fingerprint density at radius 1 is 1.10 bits per heavy atom. The van der Waals surface area contributed by atoms with Gasteiger partial charge >= 0.3 is 0 Å². The van der Waals surface area contributed by atoms with Crippen molar-refractivity contribution in [2.45, 2.75) is 39.4 Å². The molecule has 0 aromatic heterocycles. The van der Waals surface area contributed by atoms with E-state index in [9.17, 15) is 0 Å². The first-order valence-corrected chi connectivity index (χ1v) is 11.3. The van der Waals surface area contributed by atoms with Gasteiger partial charge in [-0.25, -0.2) is 0 Å². The molecule has 0 radical (unpaired) electrons. The standard InChI is InChI=1S/C25H37N5O/c1-5-29(6-2)18-21-12-8-7-11-20(21)17-27-25(26-3)28-22-15-16-30(19-22)23-13-9-10-14-24(23)31-4/h7-14,22H,5-6,15-19H2,1-4H3,(H2,26,27,28). The van der Waals surface area contributed by atoms with Crippen LogP contribution in [0.5, 0.6) is 5.75 Å². The van der Waals surface area contributed by atoms with Crippen molar-refractivity contribution in [2.24, 2.45) is 4.99 Å². The number of anilines is 1. The van der Waals surface area contributed by atoms with Crippen LogP contribution < -0.4 is 20.3 Å². The van der Waals surface area contributed by atoms with Crippen molar-refractivity contribution in [1.82, 2.24) is 15.5 Å². The van der Waals surface area contributed by atoms with Crippen molar-refractivity contribution in [3.8, 4) is 5.75 Å². The first kappa shape index (κ1) is 22.9. The highest BCUT2D eigenvalue weighted by Gasteiger charge is 2.25. The summed E-state index contributed by atoms with van der Waals surface area (Å²) in [5, 5.41) is 7.12. The van der Waals surface area contributed by atoms with Gasteiger partial charge in [-0.15, -0.1) is 0 Å². The highest BCUT2D eigenvalue weighted by molar-refractivity contribution is 5.80. The minimum Gasteiger partial charge on any atom is -0.495 e. The minimum atomic E-state index is 0.349. The molecule has 1 aliphatic rings. The topological polar surface area (TPSA) is 52.1 Å². The Hall–Kier alpha value is -2.73. The van der Waals surface area contributed by atoms with Gasteiger partial charge in [0.15, 0.2) is 5.96 Å². The van der Waals surface area contributed by atoms with Crippen LogP contribution in [0.15, 0.2) is 53.5 Å². The van der Waals surface area contributed by atoms with Crippen LogP contribution in [0.2, 0.25) is 0 Å². The summed E-state index contributed by atoms with van der Waals surface area (Å²) in [5.41, 5.74) is 3.85. The molecule has 0 spiro atoms. The summed E-state index contributed by atoms with van der Waals surface area (Å²) in [6.45, 7) is 10.2. The average Bonchev–Trinajstić information content (AvgIpc) is 3.29. The fourth-order valence-corrected chi connectivity index (χ4v) is 4.13. The second kappa shape index (κ2) is 11.6. The number of ether oxygens (including phenoxy) is 1. The van der Waals surface area contributed by atoms with Gasteiger partial charge in [0, 0.05) is 39.3 Å². The lowest BCUT2D eigenvalue weighted by atomic mass is 10.1. The smallest absolute Gasteiger partial charge is 0.191 e. The molecular formula is C25H37N5O. The summed E-state index contributed by atoms with van der Waals surface area (Å²) < 4.78 is 5.54. The molecule has 0 saturated carbocycles. The molecule has 1 aliphatic heterocycles. The predicted molar refractivity (Wildman–Crippen MR) is 130 cm³/mol. The third kappa shape index (κ3) is 6.14. The SMILES string of the molecule is CCN(CC)Cc1ccccc1CNC(=NC)NC1CCN(c2ccccc2OC)C1. The van der Waals surface area contributed by atoms with Crippen LogP contribution in [0.25, 0.3) is 0 Å². The lowest BCUT2D eigenvalue weighted by Gasteiger charge is -2.23. The number of nitrogens with one attached hydrogen (secondary N) is 2. The molecular weight excluding hydrogens is 386 g/mol. The summed E-state index contributed by atoms with van der Waals surface area (Å²) in [4.78, 5) is 9.28. The number of rotatable bonds is 9. The van der Waals surface area contributed by atoms with Crippen molar-refractivity contribution >= 4 is 11.6 Å². The zero-order valence-corrected chi connectivity index (χ0v) is 19.4. The predicted octanol–water partition coefficient (Wildman–Crippen LogP) is 3.48. The summed E-state index contributed by atoms with van der Waals surface area (Å²) in [6, 6.07) is 17.2. The molecule has 168 valence electrons. The quantitative estimate of drug-likeness (QED) is 0.478. The Morgan fingerprint density at radius 2 is 1.81 bits per heavy atom. The number of hydrogen-bond acceptors (Lipinski definition) is 4. The molecule has 1 atom stereocenters. The van der Waals surface area contributed by atoms with Gasteiger partial charge in [0.1, 0.15) is 5.75 Å². The second-order valence-corrected chi connectivity index (χ2v) is 7.90. The molecule has 0 aliphatic carbocycles. The number of nitrogens with zero attached hydrogens (tertiary/aromatic N) is 3. The van der Waals surface area contributed by atoms with Crippen molar-refractivity contribution in [3.63, 3.8) is 0 Å². The van der Waals surface area contributed by atoms with Crippen LogP contribution in [0.1, 0.15) is 31.4 Å². The van der Waals surface area contributed by atoms with Crippen molar-refractivity contribution in [3.05, 3.63) is 59.7 Å². The van der Waals surface area contributed by atoms with Crippen LogP contribution in [0.3, 0.4) is 0 Å². The number of methoxy groups -OCH3 is 1. The van der Waals surface area contributed by atoms with E-state index in [0.717, 1.165) is 63.1 Å². The number of guanidine groups is 1. The molecule has 1 heterocycles. The third-order valence-electron chi connectivity index (χ3n) is 6.03. The summed E-state index contributed by atoms with van der Waals surface area (Å²) >= 11 is 0. The fraction of sp³-hybridized carbons (Fsp3) is 0.480. The maximum Gasteiger partial charge on any atom is 0.191 e. The highest BCUT2D eigenvalue weighted by Crippen LogP contribution is 2.30. The zero-order chi connectivity index (χ0) is 22.1. The van der Waals surface area contributed by atoms with Gasteiger partial charge in [-0.05, 0) is 42.8 Å². The van der Waals surface area contributed by atoms with Gasteiger partial charge in [-0.2, -0.15) is 0 Å². The van der Waals surface area contributed by atoms with E-state index in [4.69, 9.17) is 4.74 Å². The van der Waals surface area contributed by atoms with E-state index in [-0.39, 0.29) is 0 Å². The number of hydrogen-bond donors (Lipinski definition) is 2. The zero-order valence-electron chi connectivity index (χ0n) is 19.4. The first-order chi connectivity index (χ1) is 15.2. The van der Waals surface area contributed by atoms with Crippen LogP contribution in [0.4, 0.5) is 5.69 Å². The molecule has 6 nitrogen and oxygen atoms in total. The van der Waals surface area contributed by atoms with E-state index < -0.39 is 0 Å². The normalized spacial score (nSPS) is 16.6. The Morgan fingerprint density at radius 3 is 2.52 bits per heavy atom. The average molecular weight is 424 g/mol. The lowest BCUT2D eigenvalue weighted by Crippen LogP contribution is -2.44. The second-order valence-electron chi connectivity index (χ2n) is 7.90. The van der Waals surface area contributed by atoms with Crippen LogP contribution >= 0.6 is 0 Å². The maximum absolute atomic E-state index is 5.54. The molecule has 2 aromatic rings. The van der Waals surface area contributed by atoms with E-state index in [2.05, 4.69) is 75.7 Å². The van der Waals surface area contributed by atoms with Crippen LogP contribution in [0, 0.1) is 0 Å². The van der Waals surface area contributed by atoms with E-state index in [0.29, 0.717) is 6.04 Å². The number of benzene rings is 2. The van der Waals surface area contributed by atoms with Crippen molar-refractivity contribution in [1.29, 1.82) is 0 Å². The van der Waals surface area contributed by atoms with Gasteiger partial charge in [0.05, 0.1) is 12.8 Å². The fourth-order valence-electron chi connectivity index (χ4n) is 4.13. The molecule has 31 heavy (non-hydrogen) atoms. The lowest BCUT2D eigenvalue weighted by molar-refractivity contribution is 0.295. The van der Waals surface area contributed by atoms with Gasteiger partial charge in [-0.1, -0.05) is 50.2 Å². The van der Waals surface area contributed by atoms with Gasteiger partial charge in [-0.3, -0.25) is 9.89 Å². The van der Waals surface area contributed by atoms with Gasteiger partial charge in [0.25, 0.3) is 0 Å². The Kier molecular flexibility index (Phi) is 8.59. The minimum absolute atomic E-state index is 0.349. The largest absolute Gasteiger partial charge is 0.495 e. The Balaban J connectivity index is 1.56. The number of aliphatic imine (C=N–C) groups is 1. The van der Waals surface area contributed by atoms with E-state index in [1.807, 2.05) is 19.2 Å². The van der Waals surface area contributed by atoms with E-state index in [1.54, 1.807) is 7.11 Å². The van der Waals surface area contributed by atoms with Gasteiger partial charge in [0.2, 0.25) is 0 Å². The van der Waals surface area contributed by atoms with Crippen molar-refractivity contribution < 1.29 is 4.74 Å². The molecule has 3 rings (SSSR count). The molecule has 0 amide bonds. The van der Waals surface area contributed by atoms with Crippen molar-refractivity contribution in [2.75, 3.05) is 45.2 Å². The Labute approximate surface area is 187 Å². The molecule has 0 bridgehead atoms. The van der Waals surface area contributed by atoms with Crippen LogP contribution in [-0.2, 0) is 13.1 Å². The van der Waals surface area contributed by atoms with Gasteiger partial charge < -0.3 is 20.3 Å². The first-order valence-electron chi connectivity index (χ1n) is 11.3. The molecule has 1 unspecified atom stereocenters. The monoisotopic (exact) mass is 423 g/mol. The van der Waals surface area contributed by atoms with E-state index >= 15 is 0 Å². The molecule has 1 fully saturated rings. The highest BCUT2D eigenvalue weighted by atomic mass is 16.5. The van der Waals surface area contributed by atoms with Crippen LogP contribution in [-0.4, -0.2) is 57.2 Å². The number of para-hydroxylation sites is 2. The maximum atomic E-state index is 5.54. The molecule has 6 heteroatoms. The third-order valence-corrected chi connectivity index (χ3v) is 6.03. The summed E-state index contributed by atoms with van der Waals surface area (Å²) in [6.07, 6.45) is 1.07. The summed E-state index contributed by atoms with van der Waals surface area (Å²) in [7, 11) is 3.57.